The third-order valence-electron chi connectivity index (χ3n) is 4.03. The molecule has 2 aromatic carbocycles. The first-order chi connectivity index (χ1) is 10.4. The van der Waals surface area contributed by atoms with Crippen LogP contribution in [0.1, 0.15) is 13.3 Å². The third kappa shape index (κ3) is 2.66. The molecule has 0 saturated carbocycles. The van der Waals surface area contributed by atoms with Crippen LogP contribution >= 0.6 is 12.6 Å². The lowest BCUT2D eigenvalue weighted by Crippen LogP contribution is -2.39. The molecule has 3 rings (SSSR count). The Morgan fingerprint density at radius 2 is 1.86 bits per heavy atom. The van der Waals surface area contributed by atoms with Crippen LogP contribution in [0.3, 0.4) is 0 Å². The second-order valence-corrected chi connectivity index (χ2v) is 8.22. The summed E-state index contributed by atoms with van der Waals surface area (Å²) in [5, 5.41) is 1.74. The lowest BCUT2D eigenvalue weighted by atomic mass is 10.1. The number of hydrogen-bond acceptors (Lipinski definition) is 4. The first-order valence-corrected chi connectivity index (χ1v) is 9.04. The van der Waals surface area contributed by atoms with Gasteiger partial charge in [-0.05, 0) is 36.2 Å². The Morgan fingerprint density at radius 1 is 1.18 bits per heavy atom. The van der Waals surface area contributed by atoms with Gasteiger partial charge in [-0.15, -0.1) is 0 Å². The molecule has 0 bridgehead atoms. The van der Waals surface area contributed by atoms with Gasteiger partial charge in [0.05, 0.1) is 10.9 Å². The molecule has 0 N–H and O–H groups in total. The largest absolute Gasteiger partial charge is 0.298 e. The summed E-state index contributed by atoms with van der Waals surface area (Å²) in [4.78, 5) is 12.0. The molecule has 0 amide bonds. The number of sulfonamides is 1. The summed E-state index contributed by atoms with van der Waals surface area (Å²) < 4.78 is 27.0. The van der Waals surface area contributed by atoms with Gasteiger partial charge in [0.25, 0.3) is 0 Å². The lowest BCUT2D eigenvalue weighted by molar-refractivity contribution is -0.119. The highest BCUT2D eigenvalue weighted by Gasteiger charge is 2.41. The maximum absolute atomic E-state index is 12.9. The van der Waals surface area contributed by atoms with Crippen molar-refractivity contribution in [2.24, 2.45) is 0 Å². The Morgan fingerprint density at radius 3 is 2.55 bits per heavy atom. The van der Waals surface area contributed by atoms with Crippen molar-refractivity contribution in [3.05, 3.63) is 42.5 Å². The van der Waals surface area contributed by atoms with Crippen molar-refractivity contribution in [1.29, 1.82) is 0 Å². The van der Waals surface area contributed by atoms with Crippen LogP contribution < -0.4 is 0 Å². The predicted octanol–water partition coefficient (Wildman–Crippen LogP) is 2.49. The van der Waals surface area contributed by atoms with Gasteiger partial charge in [-0.2, -0.15) is 16.9 Å². The van der Waals surface area contributed by atoms with Crippen molar-refractivity contribution in [2.45, 2.75) is 29.5 Å². The van der Waals surface area contributed by atoms with Gasteiger partial charge in [0.2, 0.25) is 10.0 Å². The highest BCUT2D eigenvalue weighted by Crippen LogP contribution is 2.30. The van der Waals surface area contributed by atoms with E-state index in [1.54, 1.807) is 18.2 Å². The van der Waals surface area contributed by atoms with E-state index in [1.807, 2.05) is 24.3 Å². The fourth-order valence-corrected chi connectivity index (χ4v) is 5.10. The number of thiol groups is 1. The van der Waals surface area contributed by atoms with Crippen LogP contribution in [0.4, 0.5) is 0 Å². The Hall–Kier alpha value is -1.37. The maximum Gasteiger partial charge on any atom is 0.243 e. The van der Waals surface area contributed by atoms with Gasteiger partial charge in [0, 0.05) is 11.8 Å². The second-order valence-electron chi connectivity index (χ2n) is 5.60. The number of fused-ring (bicyclic) bond motifs is 1. The number of carbonyl (C=O) groups is 1. The number of rotatable bonds is 3. The SMILES string of the molecule is CC(=O)C1CC(S)CN1S(=O)(=O)c1ccc2ccccc2c1. The van der Waals surface area contributed by atoms with E-state index in [2.05, 4.69) is 12.6 Å². The Balaban J connectivity index is 2.05. The third-order valence-corrected chi connectivity index (χ3v) is 6.28. The number of ketones is 1. The van der Waals surface area contributed by atoms with Crippen LogP contribution in [0, 0.1) is 0 Å². The molecule has 1 aliphatic rings. The summed E-state index contributed by atoms with van der Waals surface area (Å²) in [6.45, 7) is 1.70. The van der Waals surface area contributed by atoms with Crippen LogP contribution in [-0.4, -0.2) is 36.3 Å². The van der Waals surface area contributed by atoms with E-state index in [9.17, 15) is 13.2 Å². The average molecular weight is 335 g/mol. The van der Waals surface area contributed by atoms with Gasteiger partial charge >= 0.3 is 0 Å². The Bertz CT molecular complexity index is 832. The number of carbonyl (C=O) groups excluding carboxylic acids is 1. The fraction of sp³-hybridized carbons (Fsp3) is 0.312. The minimum Gasteiger partial charge on any atom is -0.298 e. The summed E-state index contributed by atoms with van der Waals surface area (Å²) in [5.41, 5.74) is 0. The van der Waals surface area contributed by atoms with E-state index < -0.39 is 16.1 Å². The number of hydrogen-bond donors (Lipinski definition) is 1. The van der Waals surface area contributed by atoms with Gasteiger partial charge in [-0.3, -0.25) is 4.79 Å². The predicted molar refractivity (Wildman–Crippen MR) is 89.7 cm³/mol. The molecule has 1 saturated heterocycles. The van der Waals surface area contributed by atoms with Crippen LogP contribution in [0.2, 0.25) is 0 Å². The molecule has 1 heterocycles. The topological polar surface area (TPSA) is 54.5 Å². The van der Waals surface area contributed by atoms with E-state index >= 15 is 0 Å². The molecular formula is C16H17NO3S2. The van der Waals surface area contributed by atoms with Crippen LogP contribution in [0.25, 0.3) is 10.8 Å². The quantitative estimate of drug-likeness (QED) is 0.877. The van der Waals surface area contributed by atoms with Crippen LogP contribution in [0.5, 0.6) is 0 Å². The molecule has 0 aliphatic carbocycles. The van der Waals surface area contributed by atoms with Crippen molar-refractivity contribution in [3.8, 4) is 0 Å². The first kappa shape index (κ1) is 15.5. The fourth-order valence-electron chi connectivity index (χ4n) is 2.88. The molecule has 1 fully saturated rings. The number of Topliss-reactive ketones (excluding diaryl/α,β-unsaturated/α-hetero) is 1. The highest BCUT2D eigenvalue weighted by atomic mass is 32.2. The number of nitrogens with zero attached hydrogens (tertiary/aromatic N) is 1. The molecule has 6 heteroatoms. The molecule has 1 aliphatic heterocycles. The second kappa shape index (κ2) is 5.68. The van der Waals surface area contributed by atoms with E-state index in [1.165, 1.54) is 11.2 Å². The average Bonchev–Trinajstić information content (AvgIpc) is 2.90. The first-order valence-electron chi connectivity index (χ1n) is 7.09. The van der Waals surface area contributed by atoms with Crippen LogP contribution in [0.15, 0.2) is 47.4 Å². The number of benzene rings is 2. The van der Waals surface area contributed by atoms with Gasteiger partial charge in [-0.1, -0.05) is 30.3 Å². The van der Waals surface area contributed by atoms with Gasteiger partial charge < -0.3 is 0 Å². The van der Waals surface area contributed by atoms with Crippen molar-refractivity contribution in [3.63, 3.8) is 0 Å². The van der Waals surface area contributed by atoms with Crippen molar-refractivity contribution in [2.75, 3.05) is 6.54 Å². The standard InChI is InChI=1S/C16H17NO3S2/c1-11(18)16-9-14(21)10-17(16)22(19,20)15-7-6-12-4-2-3-5-13(12)8-15/h2-8,14,16,21H,9-10H2,1H3. The zero-order valence-electron chi connectivity index (χ0n) is 12.1. The molecule has 22 heavy (non-hydrogen) atoms. The molecule has 4 nitrogen and oxygen atoms in total. The minimum atomic E-state index is -3.69. The smallest absolute Gasteiger partial charge is 0.243 e. The van der Waals surface area contributed by atoms with Gasteiger partial charge in [0.1, 0.15) is 5.78 Å². The zero-order valence-corrected chi connectivity index (χ0v) is 13.8. The summed E-state index contributed by atoms with van der Waals surface area (Å²) >= 11 is 4.35. The van der Waals surface area contributed by atoms with Crippen molar-refractivity contribution in [1.82, 2.24) is 4.31 Å². The molecule has 116 valence electrons. The van der Waals surface area contributed by atoms with Crippen LogP contribution in [-0.2, 0) is 14.8 Å². The molecular weight excluding hydrogens is 318 g/mol. The van der Waals surface area contributed by atoms with Crippen molar-refractivity contribution < 1.29 is 13.2 Å². The van der Waals surface area contributed by atoms with Gasteiger partial charge in [-0.25, -0.2) is 8.42 Å². The molecule has 0 spiro atoms. The summed E-state index contributed by atoms with van der Waals surface area (Å²) in [6.07, 6.45) is 0.464. The monoisotopic (exact) mass is 335 g/mol. The Kier molecular flexibility index (Phi) is 4.01. The molecule has 2 unspecified atom stereocenters. The summed E-state index contributed by atoms with van der Waals surface area (Å²) in [7, 11) is -3.69. The van der Waals surface area contributed by atoms with Gasteiger partial charge in [0.15, 0.2) is 0 Å². The minimum absolute atomic E-state index is 0.107. The van der Waals surface area contributed by atoms with E-state index in [0.29, 0.717) is 6.42 Å². The highest BCUT2D eigenvalue weighted by molar-refractivity contribution is 7.89. The summed E-state index contributed by atoms with van der Waals surface area (Å²) in [5.74, 6) is -0.138. The molecule has 0 radical (unpaired) electrons. The zero-order chi connectivity index (χ0) is 15.9. The lowest BCUT2D eigenvalue weighted by Gasteiger charge is -2.22. The van der Waals surface area contributed by atoms with E-state index in [-0.39, 0.29) is 22.5 Å². The molecule has 2 aromatic rings. The molecule has 2 atom stereocenters. The maximum atomic E-state index is 12.9. The van der Waals surface area contributed by atoms with E-state index in [0.717, 1.165) is 10.8 Å². The van der Waals surface area contributed by atoms with Crippen molar-refractivity contribution >= 4 is 39.2 Å². The normalized spacial score (nSPS) is 23.0. The Labute approximate surface area is 135 Å². The molecule has 0 aromatic heterocycles. The van der Waals surface area contributed by atoms with E-state index in [4.69, 9.17) is 0 Å². The summed E-state index contributed by atoms with van der Waals surface area (Å²) in [6, 6.07) is 12.0.